The molecular weight excluding hydrogens is 373 g/mol. The first-order chi connectivity index (χ1) is 10.1. The molecule has 3 rings (SSSR count). The summed E-state index contributed by atoms with van der Waals surface area (Å²) in [5, 5.41) is 4.83. The monoisotopic (exact) mass is 385 g/mol. The zero-order valence-corrected chi connectivity index (χ0v) is 14.3. The highest BCUT2D eigenvalue weighted by Gasteiger charge is 2.20. The highest BCUT2D eigenvalue weighted by atomic mass is 79.9. The summed E-state index contributed by atoms with van der Waals surface area (Å²) >= 11 is 15.8. The minimum Gasteiger partial charge on any atom is -0.493 e. The quantitative estimate of drug-likeness (QED) is 0.674. The summed E-state index contributed by atoms with van der Waals surface area (Å²) in [6.45, 7) is 0.727. The lowest BCUT2D eigenvalue weighted by molar-refractivity contribution is 0.316. The molecule has 1 aliphatic heterocycles. The van der Waals surface area contributed by atoms with E-state index in [1.807, 2.05) is 24.3 Å². The van der Waals surface area contributed by atoms with Gasteiger partial charge in [0.1, 0.15) is 5.75 Å². The Labute approximate surface area is 142 Å². The van der Waals surface area contributed by atoms with Gasteiger partial charge >= 0.3 is 0 Å². The maximum atomic E-state index is 6.25. The van der Waals surface area contributed by atoms with Crippen molar-refractivity contribution >= 4 is 44.8 Å². The second-order valence-electron chi connectivity index (χ2n) is 4.99. The predicted molar refractivity (Wildman–Crippen MR) is 91.7 cm³/mol. The number of ether oxygens (including phenoxy) is 1. The molecule has 110 valence electrons. The summed E-state index contributed by atoms with van der Waals surface area (Å²) in [7, 11) is 0. The standard InChI is InChI=1S/C16H14BrCl2NO/c17-10-3-5-12-14(2-1-7-21-16(12)8-10)20-15-9-11(18)4-6-13(15)19/h3-6,8-9,14,20H,1-2,7H2. The summed E-state index contributed by atoms with van der Waals surface area (Å²) < 4.78 is 6.84. The van der Waals surface area contributed by atoms with E-state index >= 15 is 0 Å². The van der Waals surface area contributed by atoms with Gasteiger partial charge in [0.15, 0.2) is 0 Å². The first kappa shape index (κ1) is 15.0. The van der Waals surface area contributed by atoms with Gasteiger partial charge in [-0.05, 0) is 43.2 Å². The summed E-state index contributed by atoms with van der Waals surface area (Å²) in [5.74, 6) is 0.914. The third-order valence-corrected chi connectivity index (χ3v) is 4.56. The molecule has 1 heterocycles. The van der Waals surface area contributed by atoms with Gasteiger partial charge in [0.25, 0.3) is 0 Å². The van der Waals surface area contributed by atoms with Crippen molar-refractivity contribution in [3.63, 3.8) is 0 Å². The fourth-order valence-corrected chi connectivity index (χ4v) is 3.18. The second-order valence-corrected chi connectivity index (χ2v) is 6.75. The van der Waals surface area contributed by atoms with Crippen LogP contribution >= 0.6 is 39.1 Å². The number of hydrogen-bond donors (Lipinski definition) is 1. The number of anilines is 1. The van der Waals surface area contributed by atoms with Crippen LogP contribution in [0.4, 0.5) is 5.69 Å². The molecule has 2 nitrogen and oxygen atoms in total. The number of benzene rings is 2. The molecule has 0 amide bonds. The second kappa shape index (κ2) is 6.47. The van der Waals surface area contributed by atoms with Crippen LogP contribution in [-0.4, -0.2) is 6.61 Å². The number of nitrogens with one attached hydrogen (secondary N) is 1. The van der Waals surface area contributed by atoms with Gasteiger partial charge < -0.3 is 10.1 Å². The van der Waals surface area contributed by atoms with E-state index < -0.39 is 0 Å². The van der Waals surface area contributed by atoms with E-state index in [2.05, 4.69) is 27.3 Å². The normalized spacial score (nSPS) is 17.6. The van der Waals surface area contributed by atoms with Crippen molar-refractivity contribution < 1.29 is 4.74 Å². The smallest absolute Gasteiger partial charge is 0.125 e. The van der Waals surface area contributed by atoms with Crippen LogP contribution in [0, 0.1) is 0 Å². The molecule has 0 aromatic heterocycles. The predicted octanol–water partition coefficient (Wildman–Crippen LogP) is 6.08. The van der Waals surface area contributed by atoms with Crippen LogP contribution in [-0.2, 0) is 0 Å². The Balaban J connectivity index is 1.94. The van der Waals surface area contributed by atoms with E-state index in [1.54, 1.807) is 6.07 Å². The third kappa shape index (κ3) is 3.47. The fraction of sp³-hybridized carbons (Fsp3) is 0.250. The Kier molecular flexibility index (Phi) is 4.63. The Bertz CT molecular complexity index is 663. The molecular formula is C16H14BrCl2NO. The first-order valence-corrected chi connectivity index (χ1v) is 8.32. The van der Waals surface area contributed by atoms with E-state index in [9.17, 15) is 0 Å². The summed E-state index contributed by atoms with van der Waals surface area (Å²) in [6, 6.07) is 11.7. The minimum atomic E-state index is 0.159. The van der Waals surface area contributed by atoms with Gasteiger partial charge in [0.05, 0.1) is 23.4 Å². The number of halogens is 3. The van der Waals surface area contributed by atoms with Crippen LogP contribution in [0.1, 0.15) is 24.4 Å². The van der Waals surface area contributed by atoms with Crippen molar-refractivity contribution in [3.05, 3.63) is 56.5 Å². The lowest BCUT2D eigenvalue weighted by Crippen LogP contribution is -2.10. The molecule has 0 aliphatic carbocycles. The molecule has 5 heteroatoms. The number of hydrogen-bond acceptors (Lipinski definition) is 2. The molecule has 0 saturated carbocycles. The fourth-order valence-electron chi connectivity index (χ4n) is 2.49. The van der Waals surface area contributed by atoms with Crippen LogP contribution in [0.15, 0.2) is 40.9 Å². The average Bonchev–Trinajstić information content (AvgIpc) is 2.65. The van der Waals surface area contributed by atoms with E-state index in [4.69, 9.17) is 27.9 Å². The van der Waals surface area contributed by atoms with Crippen molar-refractivity contribution in [3.8, 4) is 5.75 Å². The molecule has 1 atom stereocenters. The molecule has 2 aromatic rings. The molecule has 0 spiro atoms. The zero-order valence-electron chi connectivity index (χ0n) is 11.2. The highest BCUT2D eigenvalue weighted by Crippen LogP contribution is 2.37. The van der Waals surface area contributed by atoms with Crippen LogP contribution in [0.5, 0.6) is 5.75 Å². The Hall–Kier alpha value is -0.900. The molecule has 1 aliphatic rings. The topological polar surface area (TPSA) is 21.3 Å². The molecule has 0 fully saturated rings. The summed E-state index contributed by atoms with van der Waals surface area (Å²) in [5.41, 5.74) is 2.00. The van der Waals surface area contributed by atoms with Crippen LogP contribution < -0.4 is 10.1 Å². The van der Waals surface area contributed by atoms with Crippen molar-refractivity contribution in [1.29, 1.82) is 0 Å². The van der Waals surface area contributed by atoms with Gasteiger partial charge in [0, 0.05) is 15.1 Å². The largest absolute Gasteiger partial charge is 0.493 e. The SMILES string of the molecule is Clc1ccc(Cl)c(NC2CCCOc3cc(Br)ccc32)c1. The molecule has 21 heavy (non-hydrogen) atoms. The van der Waals surface area contributed by atoms with E-state index in [1.165, 1.54) is 0 Å². The van der Waals surface area contributed by atoms with Gasteiger partial charge in [-0.2, -0.15) is 0 Å². The Morgan fingerprint density at radius 1 is 1.14 bits per heavy atom. The van der Waals surface area contributed by atoms with Gasteiger partial charge in [0.2, 0.25) is 0 Å². The zero-order chi connectivity index (χ0) is 14.8. The molecule has 0 radical (unpaired) electrons. The van der Waals surface area contributed by atoms with Crippen molar-refractivity contribution in [2.24, 2.45) is 0 Å². The molecule has 0 saturated heterocycles. The van der Waals surface area contributed by atoms with E-state index in [-0.39, 0.29) is 6.04 Å². The first-order valence-electron chi connectivity index (χ1n) is 6.77. The van der Waals surface area contributed by atoms with Gasteiger partial charge in [-0.15, -0.1) is 0 Å². The van der Waals surface area contributed by atoms with Gasteiger partial charge in [-0.25, -0.2) is 0 Å². The van der Waals surface area contributed by atoms with E-state index in [0.29, 0.717) is 10.0 Å². The molecule has 1 N–H and O–H groups in total. The maximum absolute atomic E-state index is 6.25. The van der Waals surface area contributed by atoms with Crippen molar-refractivity contribution in [2.45, 2.75) is 18.9 Å². The Morgan fingerprint density at radius 2 is 2.00 bits per heavy atom. The maximum Gasteiger partial charge on any atom is 0.125 e. The summed E-state index contributed by atoms with van der Waals surface area (Å²) in [6.07, 6.45) is 1.97. The minimum absolute atomic E-state index is 0.159. The average molecular weight is 387 g/mol. The van der Waals surface area contributed by atoms with Crippen molar-refractivity contribution in [1.82, 2.24) is 0 Å². The van der Waals surface area contributed by atoms with Crippen LogP contribution in [0.3, 0.4) is 0 Å². The molecule has 0 bridgehead atoms. The van der Waals surface area contributed by atoms with Crippen LogP contribution in [0.25, 0.3) is 0 Å². The van der Waals surface area contributed by atoms with E-state index in [0.717, 1.165) is 40.9 Å². The highest BCUT2D eigenvalue weighted by molar-refractivity contribution is 9.10. The van der Waals surface area contributed by atoms with Gasteiger partial charge in [-0.1, -0.05) is 45.2 Å². The third-order valence-electron chi connectivity index (χ3n) is 3.50. The summed E-state index contributed by atoms with van der Waals surface area (Å²) in [4.78, 5) is 0. The lowest BCUT2D eigenvalue weighted by Gasteiger charge is -2.20. The Morgan fingerprint density at radius 3 is 2.86 bits per heavy atom. The number of fused-ring (bicyclic) bond motifs is 1. The van der Waals surface area contributed by atoms with Crippen molar-refractivity contribution in [2.75, 3.05) is 11.9 Å². The molecule has 1 unspecified atom stereocenters. The lowest BCUT2D eigenvalue weighted by atomic mass is 10.0. The number of rotatable bonds is 2. The van der Waals surface area contributed by atoms with Gasteiger partial charge in [-0.3, -0.25) is 0 Å². The van der Waals surface area contributed by atoms with Crippen LogP contribution in [0.2, 0.25) is 10.0 Å². The molecule has 2 aromatic carbocycles.